The number of fused-ring (bicyclic) bond motifs is 1. The van der Waals surface area contributed by atoms with Gasteiger partial charge in [-0.15, -0.1) is 0 Å². The van der Waals surface area contributed by atoms with Crippen LogP contribution in [0.3, 0.4) is 0 Å². The van der Waals surface area contributed by atoms with Crippen molar-refractivity contribution in [3.05, 3.63) is 82.4 Å². The Morgan fingerprint density at radius 2 is 1.52 bits per heavy atom. The molecule has 164 valence electrons. The Morgan fingerprint density at radius 3 is 2.19 bits per heavy atom. The van der Waals surface area contributed by atoms with E-state index in [1.807, 2.05) is 18.2 Å². The van der Waals surface area contributed by atoms with E-state index in [0.717, 1.165) is 49.8 Å². The number of methoxy groups -OCH3 is 1. The van der Waals surface area contributed by atoms with Crippen LogP contribution in [-0.4, -0.2) is 13.7 Å². The van der Waals surface area contributed by atoms with Gasteiger partial charge in [0.2, 0.25) is 0 Å². The number of benzene rings is 3. The molecule has 0 aliphatic heterocycles. The highest BCUT2D eigenvalue weighted by atomic mass is 19.2. The summed E-state index contributed by atoms with van der Waals surface area (Å²) in [5.41, 5.74) is 2.02. The van der Waals surface area contributed by atoms with E-state index in [4.69, 9.17) is 4.74 Å². The summed E-state index contributed by atoms with van der Waals surface area (Å²) in [6.45, 7) is 0.815. The minimum Gasteiger partial charge on any atom is -0.384 e. The van der Waals surface area contributed by atoms with Gasteiger partial charge in [-0.1, -0.05) is 30.3 Å². The van der Waals surface area contributed by atoms with Gasteiger partial charge in [-0.2, -0.15) is 0 Å². The Balaban J connectivity index is 1.49. The normalized spacial score (nSPS) is 19.1. The lowest BCUT2D eigenvalue weighted by Crippen LogP contribution is -2.17. The lowest BCUT2D eigenvalue weighted by atomic mass is 9.78. The van der Waals surface area contributed by atoms with Crippen molar-refractivity contribution in [2.24, 2.45) is 5.92 Å². The van der Waals surface area contributed by atoms with Crippen molar-refractivity contribution in [3.8, 4) is 0 Å². The number of halogens is 4. The summed E-state index contributed by atoms with van der Waals surface area (Å²) in [5.74, 6) is -3.12. The fourth-order valence-electron chi connectivity index (χ4n) is 4.73. The largest absolute Gasteiger partial charge is 0.384 e. The van der Waals surface area contributed by atoms with Crippen LogP contribution in [0.2, 0.25) is 0 Å². The van der Waals surface area contributed by atoms with Crippen LogP contribution < -0.4 is 0 Å². The Morgan fingerprint density at radius 1 is 0.806 bits per heavy atom. The maximum atomic E-state index is 15.1. The van der Waals surface area contributed by atoms with Gasteiger partial charge >= 0.3 is 0 Å². The van der Waals surface area contributed by atoms with E-state index < -0.39 is 17.5 Å². The molecule has 0 spiro atoms. The Bertz CT molecular complexity index is 1050. The highest BCUT2D eigenvalue weighted by Crippen LogP contribution is 2.37. The van der Waals surface area contributed by atoms with Crippen LogP contribution in [-0.2, 0) is 17.6 Å². The zero-order chi connectivity index (χ0) is 22.0. The van der Waals surface area contributed by atoms with Crippen LogP contribution >= 0.6 is 0 Å². The molecule has 1 aliphatic carbocycles. The Labute approximate surface area is 180 Å². The van der Waals surface area contributed by atoms with E-state index in [1.165, 1.54) is 5.56 Å². The van der Waals surface area contributed by atoms with Crippen LogP contribution in [0, 0.1) is 29.2 Å². The predicted molar refractivity (Wildman–Crippen MR) is 114 cm³/mol. The van der Waals surface area contributed by atoms with E-state index in [0.29, 0.717) is 28.3 Å². The third kappa shape index (κ3) is 4.77. The Hall–Kier alpha value is -2.40. The topological polar surface area (TPSA) is 9.23 Å². The lowest BCUT2D eigenvalue weighted by Gasteiger charge is -2.28. The third-order valence-electron chi connectivity index (χ3n) is 6.51. The first-order valence-corrected chi connectivity index (χ1v) is 10.8. The standard InChI is InChI=1S/C26H26F4O/c1-31-15-16-2-5-18(6-3-16)20-10-11-22-21(14-20)9-8-19(25(22)29)7-4-17-12-23(27)26(30)24(28)13-17/h8-14,16,18H,2-7,15H2,1H3. The third-order valence-corrected chi connectivity index (χ3v) is 6.51. The molecule has 0 atom stereocenters. The highest BCUT2D eigenvalue weighted by Gasteiger charge is 2.22. The van der Waals surface area contributed by atoms with Gasteiger partial charge in [0.05, 0.1) is 0 Å². The molecular weight excluding hydrogens is 404 g/mol. The van der Waals surface area contributed by atoms with Gasteiger partial charge < -0.3 is 4.74 Å². The molecule has 0 aromatic heterocycles. The van der Waals surface area contributed by atoms with E-state index >= 15 is 4.39 Å². The maximum Gasteiger partial charge on any atom is 0.194 e. The van der Waals surface area contributed by atoms with Crippen LogP contribution in [0.5, 0.6) is 0 Å². The molecule has 1 fully saturated rings. The molecule has 4 rings (SSSR count). The van der Waals surface area contributed by atoms with Gasteiger partial charge in [-0.3, -0.25) is 0 Å². The average Bonchev–Trinajstić information content (AvgIpc) is 2.77. The predicted octanol–water partition coefficient (Wildman–Crippen LogP) is 7.10. The molecule has 31 heavy (non-hydrogen) atoms. The molecule has 1 nitrogen and oxygen atoms in total. The lowest BCUT2D eigenvalue weighted by molar-refractivity contribution is 0.127. The average molecular weight is 430 g/mol. The van der Waals surface area contributed by atoms with Crippen molar-refractivity contribution in [1.29, 1.82) is 0 Å². The van der Waals surface area contributed by atoms with Gasteiger partial charge in [-0.25, -0.2) is 17.6 Å². The number of aryl methyl sites for hydroxylation is 2. The molecule has 0 heterocycles. The molecule has 0 bridgehead atoms. The van der Waals surface area contributed by atoms with Crippen molar-refractivity contribution >= 4 is 10.8 Å². The van der Waals surface area contributed by atoms with Crippen molar-refractivity contribution in [1.82, 2.24) is 0 Å². The maximum absolute atomic E-state index is 15.1. The van der Waals surface area contributed by atoms with Gasteiger partial charge in [0.1, 0.15) is 5.82 Å². The first-order valence-electron chi connectivity index (χ1n) is 10.8. The van der Waals surface area contributed by atoms with Crippen molar-refractivity contribution < 1.29 is 22.3 Å². The highest BCUT2D eigenvalue weighted by molar-refractivity contribution is 5.84. The molecule has 0 radical (unpaired) electrons. The summed E-state index contributed by atoms with van der Waals surface area (Å²) in [7, 11) is 1.74. The van der Waals surface area contributed by atoms with Gasteiger partial charge in [0.25, 0.3) is 0 Å². The molecule has 5 heteroatoms. The number of hydrogen-bond donors (Lipinski definition) is 0. The summed E-state index contributed by atoms with van der Waals surface area (Å²) in [4.78, 5) is 0. The molecule has 1 saturated carbocycles. The molecule has 0 saturated heterocycles. The van der Waals surface area contributed by atoms with E-state index in [-0.39, 0.29) is 18.7 Å². The monoisotopic (exact) mass is 430 g/mol. The van der Waals surface area contributed by atoms with Crippen LogP contribution in [0.15, 0.2) is 42.5 Å². The summed E-state index contributed by atoms with van der Waals surface area (Å²) in [5, 5.41) is 1.41. The molecule has 0 amide bonds. The van der Waals surface area contributed by atoms with E-state index in [2.05, 4.69) is 6.07 Å². The van der Waals surface area contributed by atoms with E-state index in [1.54, 1.807) is 13.2 Å². The summed E-state index contributed by atoms with van der Waals surface area (Å²) in [6, 6.07) is 11.5. The zero-order valence-electron chi connectivity index (χ0n) is 17.6. The van der Waals surface area contributed by atoms with Crippen LogP contribution in [0.4, 0.5) is 17.6 Å². The van der Waals surface area contributed by atoms with Gasteiger partial charge in [0, 0.05) is 19.1 Å². The summed E-state index contributed by atoms with van der Waals surface area (Å²) in [6.07, 6.45) is 5.02. The van der Waals surface area contributed by atoms with Crippen molar-refractivity contribution in [3.63, 3.8) is 0 Å². The van der Waals surface area contributed by atoms with Gasteiger partial charge in [0.15, 0.2) is 17.5 Å². The second-order valence-corrected chi connectivity index (χ2v) is 8.57. The number of hydrogen-bond acceptors (Lipinski definition) is 1. The SMILES string of the molecule is COCC1CCC(c2ccc3c(F)c(CCc4cc(F)c(F)c(F)c4)ccc3c2)CC1. The second-order valence-electron chi connectivity index (χ2n) is 8.57. The summed E-state index contributed by atoms with van der Waals surface area (Å²) >= 11 is 0. The number of rotatable bonds is 6. The van der Waals surface area contributed by atoms with Crippen molar-refractivity contribution in [2.45, 2.75) is 44.4 Å². The minimum atomic E-state index is -1.48. The van der Waals surface area contributed by atoms with Crippen LogP contribution in [0.25, 0.3) is 10.8 Å². The smallest absolute Gasteiger partial charge is 0.194 e. The van der Waals surface area contributed by atoms with Gasteiger partial charge in [-0.05, 0) is 84.6 Å². The first kappa shape index (κ1) is 21.8. The molecule has 0 unspecified atom stereocenters. The van der Waals surface area contributed by atoms with E-state index in [9.17, 15) is 13.2 Å². The molecule has 3 aromatic carbocycles. The quantitative estimate of drug-likeness (QED) is 0.299. The minimum absolute atomic E-state index is 0.222. The van der Waals surface area contributed by atoms with Crippen molar-refractivity contribution in [2.75, 3.05) is 13.7 Å². The molecule has 1 aliphatic rings. The first-order chi connectivity index (χ1) is 15.0. The zero-order valence-corrected chi connectivity index (χ0v) is 17.6. The molecule has 0 N–H and O–H groups in total. The number of ether oxygens (including phenoxy) is 1. The second kappa shape index (κ2) is 9.39. The molecular formula is C26H26F4O. The fraction of sp³-hybridized carbons (Fsp3) is 0.385. The Kier molecular flexibility index (Phi) is 6.61. The molecule has 3 aromatic rings. The fourth-order valence-corrected chi connectivity index (χ4v) is 4.73. The van der Waals surface area contributed by atoms with Crippen LogP contribution in [0.1, 0.15) is 48.3 Å². The summed E-state index contributed by atoms with van der Waals surface area (Å²) < 4.78 is 60.3.